The lowest BCUT2D eigenvalue weighted by atomic mass is 9.97. The van der Waals surface area contributed by atoms with Crippen molar-refractivity contribution in [3.8, 4) is 11.3 Å². The fraction of sp³-hybridized carbons (Fsp3) is 0.500. The third kappa shape index (κ3) is 6.31. The minimum absolute atomic E-state index is 0.164. The maximum atomic E-state index is 14.2. The molecule has 0 aliphatic rings. The fourth-order valence-electron chi connectivity index (χ4n) is 3.66. The molecule has 2 aromatic heterocycles. The molecule has 0 saturated heterocycles. The quantitative estimate of drug-likeness (QED) is 0.299. The zero-order chi connectivity index (χ0) is 26.3. The SMILES string of the molecule is CC(C)(C)Cn1cc(C(N[S@@+]([O-])C(C)(C)C)C(F)F)c2ccc(-c3nccnc3C(F)(F)F)cc21. The van der Waals surface area contributed by atoms with Crippen LogP contribution in [0.1, 0.15) is 58.8 Å². The zero-order valence-corrected chi connectivity index (χ0v) is 21.2. The van der Waals surface area contributed by atoms with Gasteiger partial charge in [-0.05, 0) is 32.3 Å². The summed E-state index contributed by atoms with van der Waals surface area (Å²) in [6, 6.07) is 2.89. The van der Waals surface area contributed by atoms with Crippen LogP contribution in [0.4, 0.5) is 22.0 Å². The van der Waals surface area contributed by atoms with Crippen LogP contribution >= 0.6 is 0 Å². The maximum Gasteiger partial charge on any atom is 0.435 e. The molecule has 0 fully saturated rings. The number of aromatic nitrogens is 3. The topological polar surface area (TPSA) is 65.8 Å². The van der Waals surface area contributed by atoms with E-state index in [1.165, 1.54) is 24.4 Å². The molecular weight excluding hydrogens is 487 g/mol. The molecular formula is C24H29F5N4OS. The van der Waals surface area contributed by atoms with Gasteiger partial charge in [-0.25, -0.2) is 13.8 Å². The summed E-state index contributed by atoms with van der Waals surface area (Å²) in [7, 11) is 0. The Kier molecular flexibility index (Phi) is 7.55. The number of nitrogens with zero attached hydrogens (tertiary/aromatic N) is 3. The second-order valence-electron chi connectivity index (χ2n) is 10.6. The maximum absolute atomic E-state index is 14.2. The predicted octanol–water partition coefficient (Wildman–Crippen LogP) is 6.52. The summed E-state index contributed by atoms with van der Waals surface area (Å²) in [6.07, 6.45) is -3.87. The van der Waals surface area contributed by atoms with Crippen LogP contribution in [0.5, 0.6) is 0 Å². The largest absolute Gasteiger partial charge is 0.598 e. The first-order chi connectivity index (χ1) is 16.0. The molecule has 1 aromatic carbocycles. The van der Waals surface area contributed by atoms with Crippen LogP contribution in [0.15, 0.2) is 36.8 Å². The van der Waals surface area contributed by atoms with E-state index >= 15 is 0 Å². The van der Waals surface area contributed by atoms with Crippen LogP contribution in [-0.2, 0) is 24.1 Å². The van der Waals surface area contributed by atoms with E-state index in [2.05, 4.69) is 14.7 Å². The summed E-state index contributed by atoms with van der Waals surface area (Å²) in [5, 5.41) is 0.430. The van der Waals surface area contributed by atoms with Crippen molar-refractivity contribution in [2.75, 3.05) is 0 Å². The summed E-state index contributed by atoms with van der Waals surface area (Å²) in [5.41, 5.74) is -0.868. The van der Waals surface area contributed by atoms with E-state index in [1.807, 2.05) is 20.8 Å². The monoisotopic (exact) mass is 516 g/mol. The van der Waals surface area contributed by atoms with Crippen molar-refractivity contribution in [3.63, 3.8) is 0 Å². The highest BCUT2D eigenvalue weighted by Gasteiger charge is 2.38. The predicted molar refractivity (Wildman–Crippen MR) is 127 cm³/mol. The van der Waals surface area contributed by atoms with E-state index in [0.29, 0.717) is 17.4 Å². The first-order valence-corrected chi connectivity index (χ1v) is 12.1. The lowest BCUT2D eigenvalue weighted by molar-refractivity contribution is -0.140. The Labute approximate surface area is 204 Å². The minimum atomic E-state index is -4.71. The van der Waals surface area contributed by atoms with Gasteiger partial charge in [0.25, 0.3) is 6.43 Å². The number of hydrogen-bond donors (Lipinski definition) is 1. The van der Waals surface area contributed by atoms with Gasteiger partial charge in [0, 0.05) is 58.5 Å². The van der Waals surface area contributed by atoms with Gasteiger partial charge in [-0.15, -0.1) is 4.72 Å². The van der Waals surface area contributed by atoms with Crippen molar-refractivity contribution in [2.24, 2.45) is 5.41 Å². The normalized spacial score (nSPS) is 15.1. The summed E-state index contributed by atoms with van der Waals surface area (Å²) in [4.78, 5) is 7.36. The molecule has 2 atom stereocenters. The molecule has 0 spiro atoms. The first kappa shape index (κ1) is 27.3. The van der Waals surface area contributed by atoms with Gasteiger partial charge in [0.1, 0.15) is 16.5 Å². The number of fused-ring (bicyclic) bond motifs is 1. The molecule has 0 radical (unpaired) electrons. The molecule has 1 unspecified atom stereocenters. The first-order valence-electron chi connectivity index (χ1n) is 11.0. The van der Waals surface area contributed by atoms with E-state index in [1.54, 1.807) is 31.5 Å². The number of rotatable bonds is 6. The van der Waals surface area contributed by atoms with Crippen LogP contribution in [-0.4, -0.2) is 30.3 Å². The highest BCUT2D eigenvalue weighted by Crippen LogP contribution is 2.38. The molecule has 2 heterocycles. The van der Waals surface area contributed by atoms with Crippen LogP contribution in [0.25, 0.3) is 22.2 Å². The van der Waals surface area contributed by atoms with Gasteiger partial charge in [0.15, 0.2) is 5.69 Å². The lowest BCUT2D eigenvalue weighted by Crippen LogP contribution is -2.43. The van der Waals surface area contributed by atoms with Crippen molar-refractivity contribution in [1.29, 1.82) is 0 Å². The third-order valence-corrected chi connectivity index (χ3v) is 6.76. The van der Waals surface area contributed by atoms with E-state index < -0.39 is 40.4 Å². The number of nitrogens with one attached hydrogen (secondary N) is 1. The second kappa shape index (κ2) is 9.67. The number of benzene rings is 1. The van der Waals surface area contributed by atoms with E-state index in [-0.39, 0.29) is 22.2 Å². The molecule has 0 aliphatic carbocycles. The van der Waals surface area contributed by atoms with Gasteiger partial charge in [0.2, 0.25) is 0 Å². The van der Waals surface area contributed by atoms with E-state index in [0.717, 1.165) is 6.20 Å². The average Bonchev–Trinajstić information content (AvgIpc) is 3.06. The average molecular weight is 517 g/mol. The molecule has 35 heavy (non-hydrogen) atoms. The number of hydrogen-bond acceptors (Lipinski definition) is 4. The Hall–Kier alpha value is -2.24. The van der Waals surface area contributed by atoms with Crippen LogP contribution in [0, 0.1) is 5.41 Å². The van der Waals surface area contributed by atoms with Gasteiger partial charge >= 0.3 is 6.18 Å². The summed E-state index contributed by atoms with van der Waals surface area (Å²) < 4.78 is 85.1. The van der Waals surface area contributed by atoms with E-state index in [9.17, 15) is 26.5 Å². The molecule has 11 heteroatoms. The van der Waals surface area contributed by atoms with Crippen molar-refractivity contribution in [3.05, 3.63) is 48.0 Å². The minimum Gasteiger partial charge on any atom is -0.598 e. The van der Waals surface area contributed by atoms with Crippen LogP contribution in [0.3, 0.4) is 0 Å². The summed E-state index contributed by atoms with van der Waals surface area (Å²) >= 11 is -1.77. The van der Waals surface area contributed by atoms with Crippen molar-refractivity contribution >= 4 is 22.3 Å². The molecule has 0 bridgehead atoms. The Morgan fingerprint density at radius 1 is 1.03 bits per heavy atom. The Bertz CT molecular complexity index is 1180. The number of alkyl halides is 5. The molecule has 1 N–H and O–H groups in total. The van der Waals surface area contributed by atoms with Crippen molar-refractivity contribution in [1.82, 2.24) is 19.3 Å². The van der Waals surface area contributed by atoms with Crippen molar-refractivity contribution in [2.45, 2.75) is 71.5 Å². The fourth-order valence-corrected chi connectivity index (χ4v) is 4.47. The zero-order valence-electron chi connectivity index (χ0n) is 20.4. The standard InChI is InChI=1S/C24H29F5N4OS/c1-22(2,3)13-33-12-16(19(21(25)26)32-35(34)23(4,5)6)15-8-7-14(11-17(15)33)18-20(24(27,28)29)31-10-9-30-18/h7-12,19,21,32H,13H2,1-6H3/t19?,35-/m0/s1. The summed E-state index contributed by atoms with van der Waals surface area (Å²) in [5.74, 6) is 0. The van der Waals surface area contributed by atoms with Gasteiger partial charge in [-0.1, -0.05) is 32.9 Å². The van der Waals surface area contributed by atoms with Gasteiger partial charge in [-0.2, -0.15) is 13.2 Å². The lowest BCUT2D eigenvalue weighted by Gasteiger charge is -2.27. The van der Waals surface area contributed by atoms with Gasteiger partial charge < -0.3 is 9.12 Å². The molecule has 0 saturated carbocycles. The smallest absolute Gasteiger partial charge is 0.435 e. The van der Waals surface area contributed by atoms with Crippen LogP contribution < -0.4 is 4.72 Å². The molecule has 0 aliphatic heterocycles. The highest BCUT2D eigenvalue weighted by molar-refractivity contribution is 7.90. The van der Waals surface area contributed by atoms with Gasteiger partial charge in [-0.3, -0.25) is 4.98 Å². The second-order valence-corrected chi connectivity index (χ2v) is 12.6. The molecule has 192 valence electrons. The molecule has 3 rings (SSSR count). The van der Waals surface area contributed by atoms with Crippen LogP contribution in [0.2, 0.25) is 0 Å². The number of halogens is 5. The Balaban J connectivity index is 2.21. The molecule has 0 amide bonds. The van der Waals surface area contributed by atoms with Gasteiger partial charge in [0.05, 0.1) is 0 Å². The Morgan fingerprint density at radius 2 is 1.66 bits per heavy atom. The van der Waals surface area contributed by atoms with Crippen molar-refractivity contribution < 1.29 is 26.5 Å². The van der Waals surface area contributed by atoms with E-state index in [4.69, 9.17) is 0 Å². The highest BCUT2D eigenvalue weighted by atomic mass is 32.2. The summed E-state index contributed by atoms with van der Waals surface area (Å²) in [6.45, 7) is 11.3. The molecule has 5 nitrogen and oxygen atoms in total. The molecule has 3 aromatic rings. The third-order valence-electron chi connectivity index (χ3n) is 5.18. The Morgan fingerprint density at radius 3 is 2.20 bits per heavy atom.